The lowest BCUT2D eigenvalue weighted by Gasteiger charge is -2.26. The molecule has 0 bridgehead atoms. The SMILES string of the molecule is C=CC(C)(CCC=C(C)C)OC=C[C@](C)(O)CCC=C(C)C. The molecule has 0 saturated carbocycles. The third-order valence-corrected chi connectivity index (χ3v) is 3.59. The Kier molecular flexibility index (Phi) is 9.12. The van der Waals surface area contributed by atoms with Gasteiger partial charge >= 0.3 is 0 Å². The van der Waals surface area contributed by atoms with E-state index >= 15 is 0 Å². The summed E-state index contributed by atoms with van der Waals surface area (Å²) >= 11 is 0. The molecule has 0 spiro atoms. The number of rotatable bonds is 10. The molecule has 0 aromatic carbocycles. The first-order valence-corrected chi connectivity index (χ1v) is 8.08. The fourth-order valence-corrected chi connectivity index (χ4v) is 1.93. The molecule has 0 aliphatic heterocycles. The summed E-state index contributed by atoms with van der Waals surface area (Å²) in [5.74, 6) is 0. The quantitative estimate of drug-likeness (QED) is 0.414. The molecule has 1 N–H and O–H groups in total. The van der Waals surface area contributed by atoms with Crippen LogP contribution >= 0.6 is 0 Å². The zero-order valence-electron chi connectivity index (χ0n) is 15.3. The Bertz CT molecular complexity index is 419. The first kappa shape index (κ1) is 20.7. The van der Waals surface area contributed by atoms with E-state index in [2.05, 4.69) is 46.4 Å². The fraction of sp³-hybridized carbons (Fsp3) is 0.600. The minimum atomic E-state index is -0.853. The summed E-state index contributed by atoms with van der Waals surface area (Å²) in [6.07, 6.45) is 12.9. The van der Waals surface area contributed by atoms with Crippen LogP contribution in [0.2, 0.25) is 0 Å². The van der Waals surface area contributed by atoms with Crippen LogP contribution in [0.25, 0.3) is 0 Å². The van der Waals surface area contributed by atoms with Crippen LogP contribution in [0, 0.1) is 0 Å². The lowest BCUT2D eigenvalue weighted by atomic mass is 9.98. The summed E-state index contributed by atoms with van der Waals surface area (Å²) in [5, 5.41) is 10.3. The van der Waals surface area contributed by atoms with Crippen molar-refractivity contribution in [3.05, 3.63) is 48.3 Å². The molecule has 0 radical (unpaired) electrons. The first-order chi connectivity index (χ1) is 10.1. The molecule has 0 aromatic heterocycles. The Labute approximate surface area is 137 Å². The van der Waals surface area contributed by atoms with Crippen LogP contribution in [0.4, 0.5) is 0 Å². The molecule has 0 fully saturated rings. The van der Waals surface area contributed by atoms with Crippen molar-refractivity contribution in [2.75, 3.05) is 0 Å². The summed E-state index contributed by atoms with van der Waals surface area (Å²) in [7, 11) is 0. The standard InChI is InChI=1S/C20H34O2/c1-8-20(7,14-10-12-18(4)5)22-16-15-19(6,21)13-9-11-17(2)3/h8,11-12,15-16,21H,1,9-10,13-14H2,2-7H3/t19-,20?/m1/s1. The minimum Gasteiger partial charge on any atom is -0.491 e. The van der Waals surface area contributed by atoms with E-state index in [1.165, 1.54) is 11.1 Å². The van der Waals surface area contributed by atoms with Gasteiger partial charge < -0.3 is 9.84 Å². The third-order valence-electron chi connectivity index (χ3n) is 3.59. The third kappa shape index (κ3) is 10.4. The molecular formula is C20H34O2. The van der Waals surface area contributed by atoms with E-state index in [1.54, 1.807) is 19.3 Å². The average Bonchev–Trinajstić information content (AvgIpc) is 2.37. The van der Waals surface area contributed by atoms with E-state index in [1.807, 2.05) is 13.0 Å². The van der Waals surface area contributed by atoms with Crippen molar-refractivity contribution in [1.82, 2.24) is 0 Å². The van der Waals surface area contributed by atoms with Crippen molar-refractivity contribution in [2.45, 2.75) is 78.4 Å². The van der Waals surface area contributed by atoms with Gasteiger partial charge in [0.2, 0.25) is 0 Å². The Morgan fingerprint density at radius 2 is 1.50 bits per heavy atom. The van der Waals surface area contributed by atoms with Crippen LogP contribution in [0.5, 0.6) is 0 Å². The second-order valence-electron chi connectivity index (χ2n) is 6.93. The van der Waals surface area contributed by atoms with Crippen molar-refractivity contribution in [1.29, 1.82) is 0 Å². The maximum Gasteiger partial charge on any atom is 0.123 e. The Morgan fingerprint density at radius 1 is 1.00 bits per heavy atom. The number of allylic oxidation sites excluding steroid dienone is 4. The highest BCUT2D eigenvalue weighted by Gasteiger charge is 2.21. The van der Waals surface area contributed by atoms with Crippen LogP contribution in [0.15, 0.2) is 48.3 Å². The molecular weight excluding hydrogens is 272 g/mol. The topological polar surface area (TPSA) is 29.5 Å². The highest BCUT2D eigenvalue weighted by Crippen LogP contribution is 2.22. The molecule has 22 heavy (non-hydrogen) atoms. The van der Waals surface area contributed by atoms with Gasteiger partial charge in [0.05, 0.1) is 11.9 Å². The molecule has 0 saturated heterocycles. The highest BCUT2D eigenvalue weighted by molar-refractivity contribution is 5.03. The average molecular weight is 306 g/mol. The van der Waals surface area contributed by atoms with Crippen LogP contribution in [-0.4, -0.2) is 16.3 Å². The van der Waals surface area contributed by atoms with Gasteiger partial charge in [-0.2, -0.15) is 0 Å². The zero-order chi connectivity index (χ0) is 17.2. The lowest BCUT2D eigenvalue weighted by Crippen LogP contribution is -2.25. The van der Waals surface area contributed by atoms with E-state index in [0.29, 0.717) is 6.42 Å². The molecule has 2 nitrogen and oxygen atoms in total. The maximum atomic E-state index is 10.3. The second-order valence-corrected chi connectivity index (χ2v) is 6.93. The number of aliphatic hydroxyl groups is 1. The van der Waals surface area contributed by atoms with Gasteiger partial charge in [0, 0.05) is 0 Å². The van der Waals surface area contributed by atoms with Crippen LogP contribution in [-0.2, 0) is 4.74 Å². The van der Waals surface area contributed by atoms with Crippen LogP contribution in [0.1, 0.15) is 67.2 Å². The molecule has 1 unspecified atom stereocenters. The molecule has 0 aliphatic rings. The largest absolute Gasteiger partial charge is 0.491 e. The van der Waals surface area contributed by atoms with E-state index in [9.17, 15) is 5.11 Å². The van der Waals surface area contributed by atoms with Crippen molar-refractivity contribution >= 4 is 0 Å². The molecule has 126 valence electrons. The normalized spacial score (nSPS) is 16.5. The summed E-state index contributed by atoms with van der Waals surface area (Å²) in [6.45, 7) is 16.0. The number of hydrogen-bond acceptors (Lipinski definition) is 2. The van der Waals surface area contributed by atoms with Crippen LogP contribution < -0.4 is 0 Å². The molecule has 0 amide bonds. The van der Waals surface area contributed by atoms with Gasteiger partial charge in [0.1, 0.15) is 5.60 Å². The Morgan fingerprint density at radius 3 is 1.95 bits per heavy atom. The summed E-state index contributed by atoms with van der Waals surface area (Å²) in [4.78, 5) is 0. The Balaban J connectivity index is 4.48. The number of hydrogen-bond donors (Lipinski definition) is 1. The van der Waals surface area contributed by atoms with E-state index in [-0.39, 0.29) is 0 Å². The van der Waals surface area contributed by atoms with Crippen molar-refractivity contribution in [2.24, 2.45) is 0 Å². The van der Waals surface area contributed by atoms with Gasteiger partial charge in [0.25, 0.3) is 0 Å². The summed E-state index contributed by atoms with van der Waals surface area (Å²) in [6, 6.07) is 0. The fourth-order valence-electron chi connectivity index (χ4n) is 1.93. The Hall–Kier alpha value is -1.28. The highest BCUT2D eigenvalue weighted by atomic mass is 16.5. The molecule has 2 atom stereocenters. The van der Waals surface area contributed by atoms with E-state index in [0.717, 1.165) is 19.3 Å². The van der Waals surface area contributed by atoms with Crippen LogP contribution in [0.3, 0.4) is 0 Å². The zero-order valence-corrected chi connectivity index (χ0v) is 15.3. The smallest absolute Gasteiger partial charge is 0.123 e. The summed E-state index contributed by atoms with van der Waals surface area (Å²) < 4.78 is 5.82. The molecule has 0 heterocycles. The molecule has 2 heteroatoms. The van der Waals surface area contributed by atoms with E-state index < -0.39 is 11.2 Å². The van der Waals surface area contributed by atoms with Crippen molar-refractivity contribution in [3.8, 4) is 0 Å². The lowest BCUT2D eigenvalue weighted by molar-refractivity contribution is 0.0646. The number of ether oxygens (including phenoxy) is 1. The minimum absolute atomic E-state index is 0.404. The van der Waals surface area contributed by atoms with Gasteiger partial charge in [-0.25, -0.2) is 0 Å². The molecule has 0 rings (SSSR count). The van der Waals surface area contributed by atoms with Gasteiger partial charge in [-0.05, 0) is 79.4 Å². The monoisotopic (exact) mass is 306 g/mol. The van der Waals surface area contributed by atoms with Gasteiger partial charge in [0.15, 0.2) is 0 Å². The molecule has 0 aliphatic carbocycles. The first-order valence-electron chi connectivity index (χ1n) is 8.08. The van der Waals surface area contributed by atoms with Crippen molar-refractivity contribution in [3.63, 3.8) is 0 Å². The van der Waals surface area contributed by atoms with Gasteiger partial charge in [-0.3, -0.25) is 0 Å². The van der Waals surface area contributed by atoms with E-state index in [4.69, 9.17) is 4.74 Å². The molecule has 0 aromatic rings. The summed E-state index contributed by atoms with van der Waals surface area (Å²) in [5.41, 5.74) is 1.32. The van der Waals surface area contributed by atoms with Crippen molar-refractivity contribution < 1.29 is 9.84 Å². The predicted octanol–water partition coefficient (Wildman–Crippen LogP) is 5.71. The second kappa shape index (κ2) is 9.68. The predicted molar refractivity (Wildman–Crippen MR) is 96.8 cm³/mol. The maximum absolute atomic E-state index is 10.3. The van der Waals surface area contributed by atoms with Gasteiger partial charge in [-0.15, -0.1) is 0 Å². The van der Waals surface area contributed by atoms with Gasteiger partial charge in [-0.1, -0.05) is 29.9 Å².